The third-order valence-corrected chi connectivity index (χ3v) is 5.67. The van der Waals surface area contributed by atoms with Crippen LogP contribution in [0.1, 0.15) is 18.0 Å². The monoisotopic (exact) mass is 383 g/mol. The number of amides is 1. The Morgan fingerprint density at radius 2 is 1.78 bits per heavy atom. The van der Waals surface area contributed by atoms with Crippen LogP contribution >= 0.6 is 11.8 Å². The quantitative estimate of drug-likeness (QED) is 0.697. The van der Waals surface area contributed by atoms with Crippen LogP contribution in [0.5, 0.6) is 0 Å². The average Bonchev–Trinajstić information content (AvgIpc) is 3.24. The van der Waals surface area contributed by atoms with E-state index in [4.69, 9.17) is 0 Å². The van der Waals surface area contributed by atoms with Crippen molar-refractivity contribution in [1.29, 1.82) is 0 Å². The SMILES string of the molecule is CSCC[C@H](C(=O)N1CCN(CC=Cc2ccccc2)CC1)n1cccc1. The number of hydrogen-bond acceptors (Lipinski definition) is 3. The van der Waals surface area contributed by atoms with Crippen molar-refractivity contribution < 1.29 is 4.79 Å². The van der Waals surface area contributed by atoms with Crippen molar-refractivity contribution in [3.05, 3.63) is 66.5 Å². The number of thioether (sulfide) groups is 1. The maximum atomic E-state index is 13.1. The van der Waals surface area contributed by atoms with Gasteiger partial charge in [-0.25, -0.2) is 0 Å². The Bertz CT molecular complexity index is 706. The smallest absolute Gasteiger partial charge is 0.245 e. The number of piperazine rings is 1. The molecule has 1 aliphatic rings. The molecule has 1 amide bonds. The van der Waals surface area contributed by atoms with E-state index < -0.39 is 0 Å². The minimum absolute atomic E-state index is 0.0722. The standard InChI is InChI=1S/C22H29N3OS/c1-27-19-11-21(24-13-5-6-14-24)22(26)25-17-15-23(16-18-25)12-7-10-20-8-3-2-4-9-20/h2-10,13-14,21H,11-12,15-19H2,1H3/t21-/m1/s1. The van der Waals surface area contributed by atoms with E-state index in [9.17, 15) is 4.79 Å². The molecule has 0 spiro atoms. The van der Waals surface area contributed by atoms with Gasteiger partial charge in [0.2, 0.25) is 5.91 Å². The Hall–Kier alpha value is -1.98. The number of nitrogens with zero attached hydrogens (tertiary/aromatic N) is 3. The summed E-state index contributed by atoms with van der Waals surface area (Å²) in [6, 6.07) is 14.3. The molecule has 5 heteroatoms. The molecule has 27 heavy (non-hydrogen) atoms. The summed E-state index contributed by atoms with van der Waals surface area (Å²) in [7, 11) is 0. The van der Waals surface area contributed by atoms with Gasteiger partial charge in [-0.3, -0.25) is 9.69 Å². The molecule has 0 radical (unpaired) electrons. The maximum absolute atomic E-state index is 13.1. The molecule has 0 saturated carbocycles. The molecule has 2 heterocycles. The second-order valence-corrected chi connectivity index (χ2v) is 7.85. The highest BCUT2D eigenvalue weighted by atomic mass is 32.2. The summed E-state index contributed by atoms with van der Waals surface area (Å²) in [4.78, 5) is 17.5. The topological polar surface area (TPSA) is 28.5 Å². The van der Waals surface area contributed by atoms with E-state index in [1.807, 2.05) is 35.5 Å². The van der Waals surface area contributed by atoms with Gasteiger partial charge >= 0.3 is 0 Å². The largest absolute Gasteiger partial charge is 0.342 e. The van der Waals surface area contributed by atoms with Crippen LogP contribution in [-0.2, 0) is 4.79 Å². The van der Waals surface area contributed by atoms with Crippen LogP contribution in [0.15, 0.2) is 60.9 Å². The fourth-order valence-electron chi connectivity index (χ4n) is 3.45. The van der Waals surface area contributed by atoms with E-state index in [1.54, 1.807) is 11.8 Å². The first-order chi connectivity index (χ1) is 13.3. The third-order valence-electron chi connectivity index (χ3n) is 5.03. The molecule has 3 rings (SSSR count). The zero-order chi connectivity index (χ0) is 18.9. The average molecular weight is 384 g/mol. The molecule has 0 aliphatic carbocycles. The van der Waals surface area contributed by atoms with Gasteiger partial charge in [0.1, 0.15) is 6.04 Å². The lowest BCUT2D eigenvalue weighted by Crippen LogP contribution is -2.50. The molecule has 1 saturated heterocycles. The van der Waals surface area contributed by atoms with Gasteiger partial charge in [0, 0.05) is 45.1 Å². The van der Waals surface area contributed by atoms with Gasteiger partial charge in [-0.15, -0.1) is 0 Å². The number of benzene rings is 1. The van der Waals surface area contributed by atoms with Gasteiger partial charge in [0.25, 0.3) is 0 Å². The highest BCUT2D eigenvalue weighted by molar-refractivity contribution is 7.98. The van der Waals surface area contributed by atoms with Crippen LogP contribution in [0.3, 0.4) is 0 Å². The Morgan fingerprint density at radius 3 is 2.44 bits per heavy atom. The first-order valence-electron chi connectivity index (χ1n) is 9.62. The van der Waals surface area contributed by atoms with Crippen molar-refractivity contribution in [2.45, 2.75) is 12.5 Å². The highest BCUT2D eigenvalue weighted by Crippen LogP contribution is 2.19. The molecular formula is C22H29N3OS. The number of carbonyl (C=O) groups is 1. The fourth-order valence-corrected chi connectivity index (χ4v) is 3.91. The van der Waals surface area contributed by atoms with Crippen LogP contribution < -0.4 is 0 Å². The van der Waals surface area contributed by atoms with Crippen LogP contribution in [0.25, 0.3) is 6.08 Å². The lowest BCUT2D eigenvalue weighted by molar-refractivity contribution is -0.136. The Morgan fingerprint density at radius 1 is 1.07 bits per heavy atom. The second-order valence-electron chi connectivity index (χ2n) is 6.87. The minimum atomic E-state index is -0.0722. The van der Waals surface area contributed by atoms with Gasteiger partial charge in [-0.2, -0.15) is 11.8 Å². The van der Waals surface area contributed by atoms with Crippen molar-refractivity contribution in [3.63, 3.8) is 0 Å². The summed E-state index contributed by atoms with van der Waals surface area (Å²) in [6.45, 7) is 4.44. The number of aromatic nitrogens is 1. The first kappa shape index (κ1) is 19.8. The predicted octanol–water partition coefficient (Wildman–Crippen LogP) is 3.64. The van der Waals surface area contributed by atoms with Crippen molar-refractivity contribution in [3.8, 4) is 0 Å². The van der Waals surface area contributed by atoms with Crippen molar-refractivity contribution in [1.82, 2.24) is 14.4 Å². The Kier molecular flexibility index (Phi) is 7.60. The minimum Gasteiger partial charge on any atom is -0.342 e. The van der Waals surface area contributed by atoms with Gasteiger partial charge in [-0.05, 0) is 36.1 Å². The molecule has 0 N–H and O–H groups in total. The molecule has 1 aliphatic heterocycles. The van der Waals surface area contributed by atoms with E-state index in [0.717, 1.165) is 44.9 Å². The third kappa shape index (κ3) is 5.75. The zero-order valence-corrected chi connectivity index (χ0v) is 16.9. The van der Waals surface area contributed by atoms with Crippen LogP contribution in [-0.4, -0.2) is 65.0 Å². The summed E-state index contributed by atoms with van der Waals surface area (Å²) in [5, 5.41) is 0. The molecule has 1 fully saturated rings. The van der Waals surface area contributed by atoms with E-state index in [1.165, 1.54) is 5.56 Å². The molecule has 2 aromatic rings. The van der Waals surface area contributed by atoms with Crippen LogP contribution in [0.4, 0.5) is 0 Å². The van der Waals surface area contributed by atoms with E-state index >= 15 is 0 Å². The summed E-state index contributed by atoms with van der Waals surface area (Å²) in [5.41, 5.74) is 1.23. The second kappa shape index (κ2) is 10.4. The zero-order valence-electron chi connectivity index (χ0n) is 16.0. The van der Waals surface area contributed by atoms with Gasteiger partial charge in [0.05, 0.1) is 0 Å². The van der Waals surface area contributed by atoms with E-state index in [-0.39, 0.29) is 11.9 Å². The summed E-state index contributed by atoms with van der Waals surface area (Å²) in [6.07, 6.45) is 11.4. The van der Waals surface area contributed by atoms with Crippen molar-refractivity contribution >= 4 is 23.7 Å². The highest BCUT2D eigenvalue weighted by Gasteiger charge is 2.27. The Balaban J connectivity index is 1.50. The maximum Gasteiger partial charge on any atom is 0.245 e. The first-order valence-corrected chi connectivity index (χ1v) is 11.0. The molecule has 1 atom stereocenters. The van der Waals surface area contributed by atoms with Gasteiger partial charge in [0.15, 0.2) is 0 Å². The van der Waals surface area contributed by atoms with Gasteiger partial charge < -0.3 is 9.47 Å². The van der Waals surface area contributed by atoms with E-state index in [0.29, 0.717) is 0 Å². The number of rotatable bonds is 8. The lowest BCUT2D eigenvalue weighted by atomic mass is 10.1. The Labute approximate surface area is 166 Å². The summed E-state index contributed by atoms with van der Waals surface area (Å²) < 4.78 is 2.06. The number of carbonyl (C=O) groups excluding carboxylic acids is 1. The van der Waals surface area contributed by atoms with Crippen LogP contribution in [0.2, 0.25) is 0 Å². The molecule has 4 nitrogen and oxygen atoms in total. The van der Waals surface area contributed by atoms with Crippen molar-refractivity contribution in [2.75, 3.05) is 44.7 Å². The molecule has 0 bridgehead atoms. The molecule has 0 unspecified atom stereocenters. The molecule has 1 aromatic heterocycles. The van der Waals surface area contributed by atoms with Gasteiger partial charge in [-0.1, -0.05) is 42.5 Å². The van der Waals surface area contributed by atoms with E-state index in [2.05, 4.69) is 52.1 Å². The summed E-state index contributed by atoms with van der Waals surface area (Å²) in [5.74, 6) is 1.26. The normalized spacial score (nSPS) is 16.7. The summed E-state index contributed by atoms with van der Waals surface area (Å²) >= 11 is 1.80. The lowest BCUT2D eigenvalue weighted by Gasteiger charge is -2.36. The van der Waals surface area contributed by atoms with Crippen molar-refractivity contribution in [2.24, 2.45) is 0 Å². The number of hydrogen-bond donors (Lipinski definition) is 0. The molecular weight excluding hydrogens is 354 g/mol. The predicted molar refractivity (Wildman–Crippen MR) is 115 cm³/mol. The fraction of sp³-hybridized carbons (Fsp3) is 0.409. The van der Waals surface area contributed by atoms with Crippen LogP contribution in [0, 0.1) is 0 Å². The molecule has 144 valence electrons. The molecule has 1 aromatic carbocycles.